The van der Waals surface area contributed by atoms with Crippen molar-refractivity contribution in [3.05, 3.63) is 21.3 Å². The van der Waals surface area contributed by atoms with Crippen LogP contribution >= 0.6 is 22.9 Å². The van der Waals surface area contributed by atoms with Crippen LogP contribution in [0.4, 0.5) is 0 Å². The summed E-state index contributed by atoms with van der Waals surface area (Å²) in [6.07, 6.45) is 2.65. The van der Waals surface area contributed by atoms with Crippen molar-refractivity contribution in [1.29, 1.82) is 0 Å². The van der Waals surface area contributed by atoms with E-state index in [4.69, 9.17) is 16.3 Å². The second kappa shape index (κ2) is 5.30. The van der Waals surface area contributed by atoms with Gasteiger partial charge in [0.2, 0.25) is 0 Å². The molecule has 0 aromatic carbocycles. The van der Waals surface area contributed by atoms with Gasteiger partial charge in [-0.15, -0.1) is 11.3 Å². The molecule has 1 saturated heterocycles. The lowest BCUT2D eigenvalue weighted by atomic mass is 9.93. The summed E-state index contributed by atoms with van der Waals surface area (Å²) in [5, 5.41) is 6.04. The van der Waals surface area contributed by atoms with Crippen molar-refractivity contribution in [2.75, 3.05) is 20.2 Å². The first-order valence-electron chi connectivity index (χ1n) is 5.31. The summed E-state index contributed by atoms with van der Waals surface area (Å²) in [6.45, 7) is 1.89. The molecule has 2 nitrogen and oxygen atoms in total. The highest BCUT2D eigenvalue weighted by atomic mass is 35.5. The number of ether oxygens (including phenoxy) is 1. The predicted molar refractivity (Wildman–Crippen MR) is 64.7 cm³/mol. The van der Waals surface area contributed by atoms with Crippen molar-refractivity contribution >= 4 is 22.9 Å². The van der Waals surface area contributed by atoms with Gasteiger partial charge < -0.3 is 10.1 Å². The van der Waals surface area contributed by atoms with E-state index < -0.39 is 0 Å². The van der Waals surface area contributed by atoms with Crippen LogP contribution < -0.4 is 5.32 Å². The summed E-state index contributed by atoms with van der Waals surface area (Å²) in [5.74, 6) is 0.582. The molecule has 1 aromatic rings. The first kappa shape index (κ1) is 11.4. The second-order valence-electron chi connectivity index (χ2n) is 3.92. The van der Waals surface area contributed by atoms with E-state index >= 15 is 0 Å². The minimum atomic E-state index is 0.240. The Labute approximate surface area is 99.6 Å². The molecule has 4 heteroatoms. The highest BCUT2D eigenvalue weighted by Crippen LogP contribution is 2.37. The maximum Gasteiger partial charge on any atom is 0.0957 e. The highest BCUT2D eigenvalue weighted by molar-refractivity contribution is 7.10. The quantitative estimate of drug-likeness (QED) is 0.884. The third kappa shape index (κ3) is 2.72. The molecule has 0 aliphatic carbocycles. The number of hydrogen-bond donors (Lipinski definition) is 1. The van der Waals surface area contributed by atoms with Crippen LogP contribution in [-0.4, -0.2) is 20.2 Å². The Kier molecular flexibility index (Phi) is 4.03. The van der Waals surface area contributed by atoms with Gasteiger partial charge in [-0.2, -0.15) is 0 Å². The van der Waals surface area contributed by atoms with E-state index in [1.54, 1.807) is 11.3 Å². The van der Waals surface area contributed by atoms with Crippen LogP contribution in [-0.2, 0) is 4.74 Å². The Morgan fingerprint density at radius 1 is 1.67 bits per heavy atom. The molecular formula is C11H16ClNOS. The summed E-state index contributed by atoms with van der Waals surface area (Å²) < 4.78 is 5.85. The minimum absolute atomic E-state index is 0.240. The molecule has 2 rings (SSSR count). The van der Waals surface area contributed by atoms with E-state index in [1.165, 1.54) is 17.7 Å². The maximum absolute atomic E-state index is 5.94. The van der Waals surface area contributed by atoms with Gasteiger partial charge >= 0.3 is 0 Å². The van der Waals surface area contributed by atoms with E-state index in [9.17, 15) is 0 Å². The topological polar surface area (TPSA) is 21.3 Å². The van der Waals surface area contributed by atoms with Crippen molar-refractivity contribution in [2.45, 2.75) is 18.9 Å². The molecule has 0 spiro atoms. The molecule has 1 fully saturated rings. The van der Waals surface area contributed by atoms with Gasteiger partial charge in [-0.25, -0.2) is 0 Å². The molecule has 15 heavy (non-hydrogen) atoms. The number of thiophene rings is 1. The van der Waals surface area contributed by atoms with Crippen LogP contribution in [0.25, 0.3) is 0 Å². The lowest BCUT2D eigenvalue weighted by molar-refractivity contribution is -0.0250. The molecule has 1 aliphatic heterocycles. The van der Waals surface area contributed by atoms with Crippen LogP contribution in [0.3, 0.4) is 0 Å². The Morgan fingerprint density at radius 3 is 3.20 bits per heavy atom. The number of nitrogens with one attached hydrogen (secondary N) is 1. The van der Waals surface area contributed by atoms with Gasteiger partial charge in [-0.1, -0.05) is 11.6 Å². The molecule has 0 bridgehead atoms. The monoisotopic (exact) mass is 245 g/mol. The van der Waals surface area contributed by atoms with Crippen molar-refractivity contribution < 1.29 is 4.74 Å². The lowest BCUT2D eigenvalue weighted by Gasteiger charge is -2.30. The van der Waals surface area contributed by atoms with E-state index in [0.717, 1.165) is 18.2 Å². The van der Waals surface area contributed by atoms with Gasteiger partial charge in [0.25, 0.3) is 0 Å². The van der Waals surface area contributed by atoms with Gasteiger partial charge in [0.1, 0.15) is 0 Å². The summed E-state index contributed by atoms with van der Waals surface area (Å²) in [4.78, 5) is 1.26. The lowest BCUT2D eigenvalue weighted by Crippen LogP contribution is -2.29. The van der Waals surface area contributed by atoms with Crippen LogP contribution in [0, 0.1) is 5.92 Å². The normalized spacial score (nSPS) is 26.8. The molecule has 1 aromatic heterocycles. The van der Waals surface area contributed by atoms with Crippen LogP contribution in [0.2, 0.25) is 5.02 Å². The molecule has 84 valence electrons. The predicted octanol–water partition coefficient (Wildman–Crippen LogP) is 3.09. The molecule has 1 N–H and O–H groups in total. The number of rotatable bonds is 3. The maximum atomic E-state index is 5.94. The minimum Gasteiger partial charge on any atom is -0.372 e. The highest BCUT2D eigenvalue weighted by Gasteiger charge is 2.27. The van der Waals surface area contributed by atoms with Crippen molar-refractivity contribution in [2.24, 2.45) is 5.92 Å². The van der Waals surface area contributed by atoms with Crippen molar-refractivity contribution in [1.82, 2.24) is 5.32 Å². The summed E-state index contributed by atoms with van der Waals surface area (Å²) in [6, 6.07) is 2.03. The second-order valence-corrected chi connectivity index (χ2v) is 5.30. The first-order valence-corrected chi connectivity index (χ1v) is 6.57. The SMILES string of the molecule is CNCC1CCCOC1c1cc(Cl)cs1. The Morgan fingerprint density at radius 2 is 2.53 bits per heavy atom. The Bertz CT molecular complexity index is 313. The van der Waals surface area contributed by atoms with Crippen LogP contribution in [0.1, 0.15) is 23.8 Å². The zero-order valence-electron chi connectivity index (χ0n) is 8.83. The first-order chi connectivity index (χ1) is 7.31. The zero-order chi connectivity index (χ0) is 10.7. The third-order valence-corrected chi connectivity index (χ3v) is 4.12. The van der Waals surface area contributed by atoms with Gasteiger partial charge in [0.05, 0.1) is 11.1 Å². The Hall–Kier alpha value is -0.0900. The zero-order valence-corrected chi connectivity index (χ0v) is 10.4. The fraction of sp³-hybridized carbons (Fsp3) is 0.636. The molecule has 0 saturated carbocycles. The third-order valence-electron chi connectivity index (χ3n) is 2.78. The molecular weight excluding hydrogens is 230 g/mol. The Balaban J connectivity index is 2.10. The summed E-state index contributed by atoms with van der Waals surface area (Å²) in [7, 11) is 1.99. The van der Waals surface area contributed by atoms with E-state index in [-0.39, 0.29) is 6.10 Å². The fourth-order valence-electron chi connectivity index (χ4n) is 2.11. The summed E-state index contributed by atoms with van der Waals surface area (Å²) in [5.41, 5.74) is 0. The largest absolute Gasteiger partial charge is 0.372 e. The molecule has 0 radical (unpaired) electrons. The van der Waals surface area contributed by atoms with Crippen molar-refractivity contribution in [3.8, 4) is 0 Å². The van der Waals surface area contributed by atoms with Gasteiger partial charge in [-0.3, -0.25) is 0 Å². The summed E-state index contributed by atoms with van der Waals surface area (Å²) >= 11 is 7.64. The average molecular weight is 246 g/mol. The van der Waals surface area contributed by atoms with Crippen LogP contribution in [0.5, 0.6) is 0 Å². The van der Waals surface area contributed by atoms with E-state index in [0.29, 0.717) is 5.92 Å². The van der Waals surface area contributed by atoms with E-state index in [1.807, 2.05) is 18.5 Å². The number of hydrogen-bond acceptors (Lipinski definition) is 3. The standard InChI is InChI=1S/C11H16ClNOS/c1-13-6-8-3-2-4-14-11(8)10-5-9(12)7-15-10/h5,7-8,11,13H,2-4,6H2,1H3. The molecule has 2 atom stereocenters. The van der Waals surface area contributed by atoms with Gasteiger partial charge in [0, 0.05) is 29.3 Å². The van der Waals surface area contributed by atoms with Gasteiger partial charge in [-0.05, 0) is 26.0 Å². The molecule has 2 heterocycles. The van der Waals surface area contributed by atoms with E-state index in [2.05, 4.69) is 5.32 Å². The smallest absolute Gasteiger partial charge is 0.0957 e. The molecule has 0 amide bonds. The average Bonchev–Trinajstić information content (AvgIpc) is 2.66. The fourth-order valence-corrected chi connectivity index (χ4v) is 3.33. The van der Waals surface area contributed by atoms with Gasteiger partial charge in [0.15, 0.2) is 0 Å². The molecule has 2 unspecified atom stereocenters. The molecule has 1 aliphatic rings. The van der Waals surface area contributed by atoms with Crippen LogP contribution in [0.15, 0.2) is 11.4 Å². The number of halogens is 1. The van der Waals surface area contributed by atoms with Crippen molar-refractivity contribution in [3.63, 3.8) is 0 Å².